The lowest BCUT2D eigenvalue weighted by Gasteiger charge is -2.35. The van der Waals surface area contributed by atoms with E-state index in [2.05, 4.69) is 5.32 Å². The first kappa shape index (κ1) is 5.28. The van der Waals surface area contributed by atoms with Gasteiger partial charge in [0.15, 0.2) is 0 Å². The highest BCUT2D eigenvalue weighted by atomic mass is 16.2. The Labute approximate surface area is 47.6 Å². The van der Waals surface area contributed by atoms with Crippen LogP contribution in [-0.4, -0.2) is 17.2 Å². The maximum absolute atomic E-state index is 10.3. The van der Waals surface area contributed by atoms with Gasteiger partial charge in [-0.1, -0.05) is 0 Å². The molecule has 1 saturated heterocycles. The monoisotopic (exact) mass is 112 g/mol. The Kier molecular flexibility index (Phi) is 0.726. The lowest BCUT2D eigenvalue weighted by Crippen LogP contribution is -2.66. The van der Waals surface area contributed by atoms with Crippen LogP contribution in [0, 0.1) is 5.41 Å². The van der Waals surface area contributed by atoms with E-state index >= 15 is 0 Å². The van der Waals surface area contributed by atoms with Crippen molar-refractivity contribution in [2.45, 2.75) is 19.4 Å². The van der Waals surface area contributed by atoms with Crippen molar-refractivity contribution in [1.82, 2.24) is 5.32 Å². The molecule has 1 aliphatic heterocycles. The third-order valence-electron chi connectivity index (χ3n) is 1.28. The van der Waals surface area contributed by atoms with Gasteiger partial charge in [0.2, 0.25) is 0 Å². The molecular weight excluding hydrogens is 104 g/mol. The largest absolute Gasteiger partial charge is 0.340 e. The van der Waals surface area contributed by atoms with Crippen LogP contribution in [0.25, 0.3) is 0 Å². The molecule has 44 valence electrons. The summed E-state index contributed by atoms with van der Waals surface area (Å²) in [5.41, 5.74) is -0.186. The van der Waals surface area contributed by atoms with Gasteiger partial charge in [0, 0.05) is 0 Å². The predicted molar refractivity (Wildman–Crippen MR) is 29.9 cm³/mol. The third kappa shape index (κ3) is 0.441. The molecule has 0 aromatic carbocycles. The molecule has 0 aromatic rings. The smallest absolute Gasteiger partial charge is 0.268 e. The van der Waals surface area contributed by atoms with Gasteiger partial charge >= 0.3 is 0 Å². The normalized spacial score (nSPS) is 24.2. The minimum Gasteiger partial charge on any atom is -0.340 e. The molecule has 0 saturated carbocycles. The Morgan fingerprint density at radius 2 is 2.12 bits per heavy atom. The van der Waals surface area contributed by atoms with Gasteiger partial charge in [0.25, 0.3) is 5.91 Å². The second-order valence-corrected chi connectivity index (χ2v) is 2.45. The molecule has 1 heterocycles. The van der Waals surface area contributed by atoms with Crippen LogP contribution >= 0.6 is 0 Å². The van der Waals surface area contributed by atoms with Crippen molar-refractivity contribution in [2.24, 2.45) is 0 Å². The van der Waals surface area contributed by atoms with E-state index < -0.39 is 0 Å². The van der Waals surface area contributed by atoms with Crippen molar-refractivity contribution in [3.63, 3.8) is 0 Å². The van der Waals surface area contributed by atoms with Gasteiger partial charge in [-0.25, -0.2) is 0 Å². The van der Waals surface area contributed by atoms with Crippen molar-refractivity contribution in [3.05, 3.63) is 0 Å². The summed E-state index contributed by atoms with van der Waals surface area (Å²) in [6.45, 7) is 3.60. The summed E-state index contributed by atoms with van der Waals surface area (Å²) in [5, 5.41) is 9.59. The predicted octanol–water partition coefficient (Wildman–Crippen LogP) is -0.0854. The van der Waals surface area contributed by atoms with Crippen molar-refractivity contribution in [1.29, 1.82) is 5.41 Å². The van der Waals surface area contributed by atoms with E-state index in [1.54, 1.807) is 13.8 Å². The molecule has 1 aliphatic rings. The Morgan fingerprint density at radius 3 is 2.12 bits per heavy atom. The van der Waals surface area contributed by atoms with E-state index in [-0.39, 0.29) is 17.2 Å². The summed E-state index contributed by atoms with van der Waals surface area (Å²) in [5.74, 6) is -0.241. The summed E-state index contributed by atoms with van der Waals surface area (Å²) in [6.07, 6.45) is 0. The van der Waals surface area contributed by atoms with Crippen LogP contribution in [0.2, 0.25) is 0 Å². The van der Waals surface area contributed by atoms with Gasteiger partial charge in [-0.3, -0.25) is 10.2 Å². The number of carbonyl (C=O) groups excluding carboxylic acids is 1. The summed E-state index contributed by atoms with van der Waals surface area (Å²) < 4.78 is 0. The zero-order valence-corrected chi connectivity index (χ0v) is 4.91. The zero-order chi connectivity index (χ0) is 6.36. The first-order valence-electron chi connectivity index (χ1n) is 2.45. The molecular formula is C5H8N2O. The number of β-lactam (4-membered cyclic amide) rings is 1. The van der Waals surface area contributed by atoms with Crippen LogP contribution in [0.4, 0.5) is 0 Å². The van der Waals surface area contributed by atoms with Crippen molar-refractivity contribution in [2.75, 3.05) is 0 Å². The van der Waals surface area contributed by atoms with Crippen LogP contribution in [0.3, 0.4) is 0 Å². The molecule has 3 heteroatoms. The molecule has 1 rings (SSSR count). The average Bonchev–Trinajstić information content (AvgIpc) is 1.65. The first-order chi connectivity index (χ1) is 3.54. The van der Waals surface area contributed by atoms with E-state index in [4.69, 9.17) is 5.41 Å². The Hall–Kier alpha value is -0.860. The number of hydrogen-bond donors (Lipinski definition) is 2. The van der Waals surface area contributed by atoms with Crippen molar-refractivity contribution in [3.8, 4) is 0 Å². The molecule has 2 N–H and O–H groups in total. The topological polar surface area (TPSA) is 53.0 Å². The quantitative estimate of drug-likeness (QED) is 0.423. The van der Waals surface area contributed by atoms with E-state index in [9.17, 15) is 4.79 Å². The van der Waals surface area contributed by atoms with Crippen molar-refractivity contribution < 1.29 is 4.79 Å². The Morgan fingerprint density at radius 1 is 1.62 bits per heavy atom. The SMILES string of the molecule is CC1(C)NC(=O)C1=N. The van der Waals surface area contributed by atoms with Crippen LogP contribution in [0.15, 0.2) is 0 Å². The molecule has 8 heavy (non-hydrogen) atoms. The molecule has 0 unspecified atom stereocenters. The van der Waals surface area contributed by atoms with Crippen LogP contribution < -0.4 is 5.32 Å². The molecule has 1 fully saturated rings. The van der Waals surface area contributed by atoms with E-state index in [0.29, 0.717) is 0 Å². The Bertz CT molecular complexity index is 160. The van der Waals surface area contributed by atoms with Gasteiger partial charge in [-0.05, 0) is 13.8 Å². The molecule has 1 amide bonds. The lowest BCUT2D eigenvalue weighted by atomic mass is 9.89. The van der Waals surface area contributed by atoms with E-state index in [1.807, 2.05) is 0 Å². The van der Waals surface area contributed by atoms with Gasteiger partial charge in [0.1, 0.15) is 5.71 Å². The van der Waals surface area contributed by atoms with Crippen LogP contribution in [0.1, 0.15) is 13.8 Å². The maximum atomic E-state index is 10.3. The fraction of sp³-hybridized carbons (Fsp3) is 0.600. The average molecular weight is 112 g/mol. The standard InChI is InChI=1S/C5H8N2O/c1-5(2)3(6)4(8)7-5/h6H,1-2H3,(H,7,8). The number of nitrogens with one attached hydrogen (secondary N) is 2. The number of rotatable bonds is 0. The second kappa shape index (κ2) is 1.10. The van der Waals surface area contributed by atoms with E-state index in [0.717, 1.165) is 0 Å². The molecule has 0 aromatic heterocycles. The summed E-state index contributed by atoms with van der Waals surface area (Å²) in [6, 6.07) is 0. The summed E-state index contributed by atoms with van der Waals surface area (Å²) >= 11 is 0. The highest BCUT2D eigenvalue weighted by Gasteiger charge is 2.40. The molecule has 0 radical (unpaired) electrons. The summed E-state index contributed by atoms with van der Waals surface area (Å²) in [4.78, 5) is 10.3. The van der Waals surface area contributed by atoms with Gasteiger partial charge in [-0.15, -0.1) is 0 Å². The van der Waals surface area contributed by atoms with Crippen molar-refractivity contribution >= 4 is 11.6 Å². The maximum Gasteiger partial charge on any atom is 0.268 e. The molecule has 0 bridgehead atoms. The fourth-order valence-electron chi connectivity index (χ4n) is 0.630. The number of hydrogen-bond acceptors (Lipinski definition) is 2. The van der Waals surface area contributed by atoms with Crippen LogP contribution in [0.5, 0.6) is 0 Å². The fourth-order valence-corrected chi connectivity index (χ4v) is 0.630. The van der Waals surface area contributed by atoms with Gasteiger partial charge in [0.05, 0.1) is 5.54 Å². The molecule has 0 spiro atoms. The first-order valence-corrected chi connectivity index (χ1v) is 2.45. The highest BCUT2D eigenvalue weighted by molar-refractivity contribution is 6.47. The van der Waals surface area contributed by atoms with Gasteiger partial charge < -0.3 is 5.32 Å². The highest BCUT2D eigenvalue weighted by Crippen LogP contribution is 2.12. The lowest BCUT2D eigenvalue weighted by molar-refractivity contribution is -0.119. The van der Waals surface area contributed by atoms with Crippen LogP contribution in [-0.2, 0) is 4.79 Å². The number of carbonyl (C=O) groups is 1. The minimum atomic E-state index is -0.364. The Balaban J connectivity index is 2.75. The van der Waals surface area contributed by atoms with E-state index in [1.165, 1.54) is 0 Å². The molecule has 3 nitrogen and oxygen atoms in total. The number of amides is 1. The summed E-state index contributed by atoms with van der Waals surface area (Å²) in [7, 11) is 0. The molecule has 0 atom stereocenters. The third-order valence-corrected chi connectivity index (χ3v) is 1.28. The molecule has 0 aliphatic carbocycles. The minimum absolute atomic E-state index is 0.178. The van der Waals surface area contributed by atoms with Gasteiger partial charge in [-0.2, -0.15) is 0 Å². The second-order valence-electron chi connectivity index (χ2n) is 2.45. The zero-order valence-electron chi connectivity index (χ0n) is 4.91.